The Hall–Kier alpha value is -1.80. The summed E-state index contributed by atoms with van der Waals surface area (Å²) in [5.41, 5.74) is 5.98. The zero-order valence-corrected chi connectivity index (χ0v) is 7.43. The van der Waals surface area contributed by atoms with Gasteiger partial charge in [0, 0.05) is 0 Å². The molecule has 0 aliphatic rings. The summed E-state index contributed by atoms with van der Waals surface area (Å²) < 4.78 is 0. The number of thiocarbonyl (C=S) groups is 1. The van der Waals surface area contributed by atoms with Crippen LogP contribution in [-0.4, -0.2) is 10.2 Å². The normalized spacial score (nSPS) is 8.85. The summed E-state index contributed by atoms with van der Waals surface area (Å²) in [6.45, 7) is 0. The zero-order valence-electron chi connectivity index (χ0n) is 6.61. The van der Waals surface area contributed by atoms with Crippen LogP contribution >= 0.6 is 12.2 Å². The number of nitrogens with one attached hydrogen (secondary N) is 1. The first-order chi connectivity index (χ1) is 6.13. The maximum absolute atomic E-state index is 9.34. The van der Waals surface area contributed by atoms with Crippen LogP contribution in [0.4, 0.5) is 5.69 Å². The molecule has 0 bridgehead atoms. The Balaban J connectivity index is 3.00. The van der Waals surface area contributed by atoms with Crippen molar-refractivity contribution in [2.75, 3.05) is 5.32 Å². The van der Waals surface area contributed by atoms with E-state index in [1.165, 1.54) is 12.1 Å². The first-order valence-electron chi connectivity index (χ1n) is 3.43. The molecule has 0 aliphatic heterocycles. The maximum Gasteiger partial charge on any atom is 0.168 e. The number of hydrogen-bond acceptors (Lipinski definition) is 3. The van der Waals surface area contributed by atoms with Gasteiger partial charge >= 0.3 is 0 Å². The van der Waals surface area contributed by atoms with Gasteiger partial charge in [-0.05, 0) is 30.4 Å². The predicted molar refractivity (Wildman–Crippen MR) is 53.2 cm³/mol. The van der Waals surface area contributed by atoms with Gasteiger partial charge in [-0.3, -0.25) is 0 Å². The van der Waals surface area contributed by atoms with Crippen LogP contribution < -0.4 is 11.1 Å². The number of nitrogens with two attached hydrogens (primary N) is 1. The van der Waals surface area contributed by atoms with Crippen LogP contribution in [0.25, 0.3) is 0 Å². The number of hydrogen-bond donors (Lipinski definition) is 3. The molecule has 5 heteroatoms. The lowest BCUT2D eigenvalue weighted by Gasteiger charge is -2.05. The first-order valence-corrected chi connectivity index (χ1v) is 3.84. The Morgan fingerprint density at radius 2 is 2.31 bits per heavy atom. The van der Waals surface area contributed by atoms with E-state index in [0.717, 1.165) is 0 Å². The van der Waals surface area contributed by atoms with E-state index in [4.69, 9.17) is 11.0 Å². The van der Waals surface area contributed by atoms with E-state index in [1.54, 1.807) is 6.07 Å². The van der Waals surface area contributed by atoms with Crippen LogP contribution in [0.2, 0.25) is 0 Å². The average Bonchev–Trinajstić information content (AvgIpc) is 2.08. The summed E-state index contributed by atoms with van der Waals surface area (Å²) >= 11 is 4.59. The molecule has 0 unspecified atom stereocenters. The van der Waals surface area contributed by atoms with Gasteiger partial charge in [-0.2, -0.15) is 5.26 Å². The summed E-state index contributed by atoms with van der Waals surface area (Å²) in [5.74, 6) is -0.0492. The summed E-state index contributed by atoms with van der Waals surface area (Å²) in [6, 6.07) is 6.32. The van der Waals surface area contributed by atoms with Crippen molar-refractivity contribution in [1.29, 1.82) is 5.26 Å². The van der Waals surface area contributed by atoms with Crippen LogP contribution in [0, 0.1) is 11.3 Å². The van der Waals surface area contributed by atoms with E-state index in [2.05, 4.69) is 17.5 Å². The van der Waals surface area contributed by atoms with Crippen LogP contribution in [0.3, 0.4) is 0 Å². The van der Waals surface area contributed by atoms with E-state index in [9.17, 15) is 5.11 Å². The van der Waals surface area contributed by atoms with Crippen LogP contribution in [0.1, 0.15) is 5.56 Å². The summed E-state index contributed by atoms with van der Waals surface area (Å²) in [6.07, 6.45) is 0. The second kappa shape index (κ2) is 3.74. The fourth-order valence-corrected chi connectivity index (χ4v) is 0.950. The van der Waals surface area contributed by atoms with Gasteiger partial charge in [0.2, 0.25) is 0 Å². The number of phenolic OH excluding ortho intramolecular Hbond substituents is 1. The fourth-order valence-electron chi connectivity index (χ4n) is 0.840. The number of benzene rings is 1. The Morgan fingerprint density at radius 3 is 2.77 bits per heavy atom. The summed E-state index contributed by atoms with van der Waals surface area (Å²) in [4.78, 5) is 0. The molecule has 0 fully saturated rings. The topological polar surface area (TPSA) is 82.1 Å². The largest absolute Gasteiger partial charge is 0.506 e. The van der Waals surface area contributed by atoms with E-state index >= 15 is 0 Å². The molecule has 1 rings (SSSR count). The number of aromatic hydroxyl groups is 1. The molecule has 66 valence electrons. The highest BCUT2D eigenvalue weighted by Crippen LogP contribution is 2.23. The average molecular weight is 193 g/mol. The van der Waals surface area contributed by atoms with Crippen molar-refractivity contribution in [1.82, 2.24) is 0 Å². The molecule has 0 aromatic heterocycles. The highest BCUT2D eigenvalue weighted by molar-refractivity contribution is 7.80. The van der Waals surface area contributed by atoms with Gasteiger partial charge in [0.1, 0.15) is 5.75 Å². The second-order valence-electron chi connectivity index (χ2n) is 2.33. The molecule has 0 atom stereocenters. The molecule has 0 spiro atoms. The highest BCUT2D eigenvalue weighted by Gasteiger charge is 2.01. The third-order valence-electron chi connectivity index (χ3n) is 1.38. The van der Waals surface area contributed by atoms with Crippen molar-refractivity contribution >= 4 is 23.0 Å². The number of rotatable bonds is 1. The third-order valence-corrected chi connectivity index (χ3v) is 1.49. The van der Waals surface area contributed by atoms with Gasteiger partial charge in [-0.15, -0.1) is 0 Å². The standard InChI is InChI=1S/C8H7N3OS/c9-4-5-1-2-6(7(12)3-5)11-8(10)13/h1-3,12H,(H3,10,11,13). The van der Waals surface area contributed by atoms with Crippen molar-refractivity contribution < 1.29 is 5.11 Å². The molecule has 1 aromatic rings. The van der Waals surface area contributed by atoms with Gasteiger partial charge in [0.25, 0.3) is 0 Å². The van der Waals surface area contributed by atoms with Crippen molar-refractivity contribution in [3.63, 3.8) is 0 Å². The minimum atomic E-state index is -0.0492. The Bertz CT molecular complexity index is 383. The minimum absolute atomic E-state index is 0.0492. The third kappa shape index (κ3) is 2.32. The lowest BCUT2D eigenvalue weighted by molar-refractivity contribution is 0.477. The molecule has 0 amide bonds. The van der Waals surface area contributed by atoms with Gasteiger partial charge in [0.15, 0.2) is 5.11 Å². The lowest BCUT2D eigenvalue weighted by atomic mass is 10.2. The molecule has 0 saturated carbocycles. The second-order valence-corrected chi connectivity index (χ2v) is 2.77. The van der Waals surface area contributed by atoms with Crippen molar-refractivity contribution in [2.24, 2.45) is 5.73 Å². The molecule has 0 saturated heterocycles. The maximum atomic E-state index is 9.34. The number of nitrogens with zero attached hydrogens (tertiary/aromatic N) is 1. The fraction of sp³-hybridized carbons (Fsp3) is 0. The molecular weight excluding hydrogens is 186 g/mol. The van der Waals surface area contributed by atoms with Crippen molar-refractivity contribution in [2.45, 2.75) is 0 Å². The Morgan fingerprint density at radius 1 is 1.62 bits per heavy atom. The Labute approximate surface area is 80.6 Å². The van der Waals surface area contributed by atoms with Crippen LogP contribution in [0.15, 0.2) is 18.2 Å². The van der Waals surface area contributed by atoms with Gasteiger partial charge in [-0.1, -0.05) is 0 Å². The van der Waals surface area contributed by atoms with Gasteiger partial charge in [0.05, 0.1) is 17.3 Å². The van der Waals surface area contributed by atoms with E-state index < -0.39 is 0 Å². The van der Waals surface area contributed by atoms with E-state index in [1.807, 2.05) is 6.07 Å². The molecular formula is C8H7N3OS. The van der Waals surface area contributed by atoms with E-state index in [0.29, 0.717) is 11.3 Å². The summed E-state index contributed by atoms with van der Waals surface area (Å²) in [7, 11) is 0. The van der Waals surface area contributed by atoms with Gasteiger partial charge in [-0.25, -0.2) is 0 Å². The van der Waals surface area contributed by atoms with Crippen LogP contribution in [0.5, 0.6) is 5.75 Å². The van der Waals surface area contributed by atoms with Crippen LogP contribution in [-0.2, 0) is 0 Å². The number of anilines is 1. The Kier molecular flexibility index (Phi) is 2.67. The van der Waals surface area contributed by atoms with Gasteiger partial charge < -0.3 is 16.2 Å². The van der Waals surface area contributed by atoms with Crippen molar-refractivity contribution in [3.05, 3.63) is 23.8 Å². The molecule has 0 radical (unpaired) electrons. The molecule has 1 aromatic carbocycles. The number of phenols is 1. The minimum Gasteiger partial charge on any atom is -0.506 e. The lowest BCUT2D eigenvalue weighted by Crippen LogP contribution is -2.18. The molecule has 4 nitrogen and oxygen atoms in total. The molecule has 0 aliphatic carbocycles. The first kappa shape index (κ1) is 9.29. The molecule has 13 heavy (non-hydrogen) atoms. The summed E-state index contributed by atoms with van der Waals surface area (Å²) in [5, 5.41) is 20.5. The van der Waals surface area contributed by atoms with E-state index in [-0.39, 0.29) is 10.9 Å². The molecule has 4 N–H and O–H groups in total. The quantitative estimate of drug-likeness (QED) is 0.456. The highest BCUT2D eigenvalue weighted by atomic mass is 32.1. The smallest absolute Gasteiger partial charge is 0.168 e. The molecule has 0 heterocycles. The van der Waals surface area contributed by atoms with Crippen molar-refractivity contribution in [3.8, 4) is 11.8 Å². The SMILES string of the molecule is N#Cc1ccc(NC(N)=S)c(O)c1. The zero-order chi connectivity index (χ0) is 9.84. The predicted octanol–water partition coefficient (Wildman–Crippen LogP) is 0.919. The monoisotopic (exact) mass is 193 g/mol. The number of nitriles is 1.